The summed E-state index contributed by atoms with van der Waals surface area (Å²) < 4.78 is 7.24. The predicted molar refractivity (Wildman–Crippen MR) is 71.4 cm³/mol. The molecule has 1 aliphatic heterocycles. The molecule has 2 heterocycles. The van der Waals surface area contributed by atoms with Crippen molar-refractivity contribution < 1.29 is 9.84 Å². The average molecular weight is 258 g/mol. The number of aliphatic hydroxyl groups is 1. The van der Waals surface area contributed by atoms with Crippen LogP contribution in [0.25, 0.3) is 0 Å². The van der Waals surface area contributed by atoms with Gasteiger partial charge in [0.2, 0.25) is 0 Å². The fourth-order valence-electron chi connectivity index (χ4n) is 2.50. The zero-order chi connectivity index (χ0) is 13.2. The van der Waals surface area contributed by atoms with Gasteiger partial charge in [-0.3, -0.25) is 4.68 Å². The number of hydrogen-bond donors (Lipinski definition) is 1. The summed E-state index contributed by atoms with van der Waals surface area (Å²) in [6.45, 7) is 1.36. The molecule has 0 amide bonds. The second-order valence-electron chi connectivity index (χ2n) is 5.02. The van der Waals surface area contributed by atoms with Crippen molar-refractivity contribution in [3.63, 3.8) is 0 Å². The molecule has 0 aliphatic carbocycles. The van der Waals surface area contributed by atoms with Crippen molar-refractivity contribution >= 4 is 0 Å². The molecule has 19 heavy (non-hydrogen) atoms. The molecule has 1 aromatic heterocycles. The van der Waals surface area contributed by atoms with E-state index in [4.69, 9.17) is 4.74 Å². The maximum absolute atomic E-state index is 10.3. The molecule has 4 heteroatoms. The minimum atomic E-state index is -0.430. The van der Waals surface area contributed by atoms with Crippen molar-refractivity contribution in [3.8, 4) is 0 Å². The summed E-state index contributed by atoms with van der Waals surface area (Å²) in [7, 11) is 1.93. The molecule has 3 rings (SSSR count). The Bertz CT molecular complexity index is 577. The van der Waals surface area contributed by atoms with Crippen LogP contribution in [0.3, 0.4) is 0 Å². The zero-order valence-corrected chi connectivity index (χ0v) is 11.0. The van der Waals surface area contributed by atoms with Gasteiger partial charge in [-0.25, -0.2) is 0 Å². The van der Waals surface area contributed by atoms with Crippen molar-refractivity contribution in [2.24, 2.45) is 7.05 Å². The summed E-state index contributed by atoms with van der Waals surface area (Å²) in [5.74, 6) is 0. The molecule has 0 spiro atoms. The molecule has 1 N–H and O–H groups in total. The number of fused-ring (bicyclic) bond motifs is 1. The summed E-state index contributed by atoms with van der Waals surface area (Å²) in [5, 5.41) is 14.4. The zero-order valence-electron chi connectivity index (χ0n) is 11.0. The number of aromatic nitrogens is 2. The van der Waals surface area contributed by atoms with Gasteiger partial charge in [-0.05, 0) is 35.6 Å². The van der Waals surface area contributed by atoms with E-state index in [1.54, 1.807) is 6.20 Å². The van der Waals surface area contributed by atoms with E-state index >= 15 is 0 Å². The van der Waals surface area contributed by atoms with Crippen molar-refractivity contribution in [2.45, 2.75) is 32.2 Å². The highest BCUT2D eigenvalue weighted by Crippen LogP contribution is 2.26. The topological polar surface area (TPSA) is 47.3 Å². The summed E-state index contributed by atoms with van der Waals surface area (Å²) >= 11 is 0. The van der Waals surface area contributed by atoms with Crippen LogP contribution >= 0.6 is 0 Å². The minimum absolute atomic E-state index is 0.430. The molecular weight excluding hydrogens is 240 g/mol. The van der Waals surface area contributed by atoms with Crippen LogP contribution in [0.4, 0.5) is 0 Å². The number of benzene rings is 1. The summed E-state index contributed by atoms with van der Waals surface area (Å²) in [4.78, 5) is 0. The third-order valence-electron chi connectivity index (χ3n) is 3.73. The van der Waals surface area contributed by atoms with E-state index in [0.717, 1.165) is 17.7 Å². The summed E-state index contributed by atoms with van der Waals surface area (Å²) in [6, 6.07) is 8.12. The second kappa shape index (κ2) is 5.15. The number of ether oxygens (including phenoxy) is 1. The van der Waals surface area contributed by atoms with Gasteiger partial charge in [0.25, 0.3) is 0 Å². The van der Waals surface area contributed by atoms with E-state index in [1.165, 1.54) is 11.1 Å². The van der Waals surface area contributed by atoms with E-state index in [9.17, 15) is 5.11 Å². The smallest absolute Gasteiger partial charge is 0.0793 e. The number of aliphatic hydroxyl groups excluding tert-OH is 1. The predicted octanol–water partition coefficient (Wildman–Crippen LogP) is 2.12. The molecule has 1 unspecified atom stereocenters. The van der Waals surface area contributed by atoms with Crippen LogP contribution in [0.5, 0.6) is 0 Å². The van der Waals surface area contributed by atoms with Gasteiger partial charge >= 0.3 is 0 Å². The third kappa shape index (κ3) is 2.55. The number of hydrogen-bond acceptors (Lipinski definition) is 3. The van der Waals surface area contributed by atoms with Crippen molar-refractivity contribution in [1.82, 2.24) is 9.78 Å². The summed E-state index contributed by atoms with van der Waals surface area (Å²) in [6.07, 6.45) is 2.89. The first-order valence-electron chi connectivity index (χ1n) is 6.58. The molecule has 1 atom stereocenters. The molecule has 0 fully saturated rings. The van der Waals surface area contributed by atoms with E-state index in [1.807, 2.05) is 23.9 Å². The second-order valence-corrected chi connectivity index (χ2v) is 5.02. The lowest BCUT2D eigenvalue weighted by atomic mass is 9.99. The van der Waals surface area contributed by atoms with E-state index in [0.29, 0.717) is 19.6 Å². The van der Waals surface area contributed by atoms with Gasteiger partial charge < -0.3 is 9.84 Å². The van der Waals surface area contributed by atoms with Crippen molar-refractivity contribution in [2.75, 3.05) is 0 Å². The normalized spacial score (nSPS) is 15.5. The monoisotopic (exact) mass is 258 g/mol. The number of nitrogens with zero attached hydrogens (tertiary/aromatic N) is 2. The lowest BCUT2D eigenvalue weighted by Crippen LogP contribution is -2.04. The average Bonchev–Trinajstić information content (AvgIpc) is 3.03. The van der Waals surface area contributed by atoms with Crippen LogP contribution in [0, 0.1) is 0 Å². The molecule has 2 aromatic rings. The Balaban J connectivity index is 1.67. The van der Waals surface area contributed by atoms with E-state index < -0.39 is 6.10 Å². The Morgan fingerprint density at radius 1 is 1.32 bits per heavy atom. The van der Waals surface area contributed by atoms with Crippen LogP contribution in [-0.4, -0.2) is 14.9 Å². The summed E-state index contributed by atoms with van der Waals surface area (Å²) in [5.41, 5.74) is 4.56. The Morgan fingerprint density at radius 3 is 2.95 bits per heavy atom. The van der Waals surface area contributed by atoms with Crippen LogP contribution in [-0.2, 0) is 31.4 Å². The Hall–Kier alpha value is -1.65. The molecule has 4 nitrogen and oxygen atoms in total. The Labute approximate surface area is 112 Å². The van der Waals surface area contributed by atoms with Crippen LogP contribution < -0.4 is 0 Å². The highest BCUT2D eigenvalue weighted by Gasteiger charge is 2.15. The van der Waals surface area contributed by atoms with Crippen molar-refractivity contribution in [3.05, 3.63) is 52.8 Å². The van der Waals surface area contributed by atoms with Gasteiger partial charge in [0.1, 0.15) is 0 Å². The quantitative estimate of drug-likeness (QED) is 0.913. The number of rotatable bonds is 4. The Kier molecular flexibility index (Phi) is 3.36. The van der Waals surface area contributed by atoms with Gasteiger partial charge in [-0.1, -0.05) is 18.2 Å². The van der Waals surface area contributed by atoms with Crippen LogP contribution in [0.1, 0.15) is 34.9 Å². The van der Waals surface area contributed by atoms with Crippen molar-refractivity contribution in [1.29, 1.82) is 0 Å². The Morgan fingerprint density at radius 2 is 2.16 bits per heavy atom. The molecule has 1 aromatic carbocycles. The SMILES string of the molecule is Cn1nccc1CCC(O)c1ccc2c(c1)COC2. The lowest BCUT2D eigenvalue weighted by molar-refractivity contribution is 0.134. The third-order valence-corrected chi connectivity index (χ3v) is 3.73. The molecular formula is C15H18N2O2. The fraction of sp³-hybridized carbons (Fsp3) is 0.400. The van der Waals surface area contributed by atoms with Gasteiger partial charge in [-0.2, -0.15) is 5.10 Å². The highest BCUT2D eigenvalue weighted by atomic mass is 16.5. The maximum Gasteiger partial charge on any atom is 0.0793 e. The number of aryl methyl sites for hydroxylation is 2. The van der Waals surface area contributed by atoms with Crippen LogP contribution in [0.2, 0.25) is 0 Å². The first-order chi connectivity index (χ1) is 9.24. The van der Waals surface area contributed by atoms with E-state index in [-0.39, 0.29) is 0 Å². The molecule has 0 bridgehead atoms. The first-order valence-corrected chi connectivity index (χ1v) is 6.58. The highest BCUT2D eigenvalue weighted by molar-refractivity contribution is 5.34. The molecule has 0 radical (unpaired) electrons. The molecule has 1 aliphatic rings. The van der Waals surface area contributed by atoms with Crippen LogP contribution in [0.15, 0.2) is 30.5 Å². The van der Waals surface area contributed by atoms with Gasteiger partial charge in [-0.15, -0.1) is 0 Å². The van der Waals surface area contributed by atoms with E-state index in [2.05, 4.69) is 17.2 Å². The van der Waals surface area contributed by atoms with Gasteiger partial charge in [0.15, 0.2) is 0 Å². The lowest BCUT2D eigenvalue weighted by Gasteiger charge is -2.12. The maximum atomic E-state index is 10.3. The molecule has 0 saturated carbocycles. The molecule has 100 valence electrons. The molecule has 0 saturated heterocycles. The van der Waals surface area contributed by atoms with Gasteiger partial charge in [0, 0.05) is 18.9 Å². The van der Waals surface area contributed by atoms with Gasteiger partial charge in [0.05, 0.1) is 19.3 Å². The standard InChI is InChI=1S/C15H18N2O2/c1-17-14(6-7-16-17)4-5-15(18)11-2-3-12-9-19-10-13(12)8-11/h2-3,6-8,15,18H,4-5,9-10H2,1H3. The largest absolute Gasteiger partial charge is 0.388 e. The minimum Gasteiger partial charge on any atom is -0.388 e. The fourth-order valence-corrected chi connectivity index (χ4v) is 2.50. The first kappa shape index (κ1) is 12.4.